The van der Waals surface area contributed by atoms with Crippen molar-refractivity contribution in [3.05, 3.63) is 0 Å². The molecule has 2 rings (SSSR count). The Balaban J connectivity index is 2.42. The van der Waals surface area contributed by atoms with Crippen molar-refractivity contribution in [3.8, 4) is 0 Å². The molecule has 8 heteroatoms. The molecular weight excluding hydrogens is 271 g/mol. The van der Waals surface area contributed by atoms with Crippen molar-refractivity contribution in [1.82, 2.24) is 4.72 Å². The molecule has 0 amide bonds. The summed E-state index contributed by atoms with van der Waals surface area (Å²) < 4.78 is 61.4. The monoisotopic (exact) mass is 285 g/mol. The summed E-state index contributed by atoms with van der Waals surface area (Å²) in [5.41, 5.74) is -7.76. The van der Waals surface area contributed by atoms with Gasteiger partial charge in [0.05, 0.1) is 5.54 Å². The molecule has 2 aliphatic rings. The number of ketones is 1. The molecule has 0 radical (unpaired) electrons. The highest BCUT2D eigenvalue weighted by Gasteiger charge is 2.67. The SMILES string of the molecule is CC1(C)C2CCC1(NS(=O)(=O)C(F)(F)F)C(=O)C2. The molecule has 0 aromatic rings. The number of hydrogen-bond acceptors (Lipinski definition) is 3. The number of rotatable bonds is 2. The highest BCUT2D eigenvalue weighted by Crippen LogP contribution is 2.58. The molecule has 2 saturated carbocycles. The first-order chi connectivity index (χ1) is 7.94. The zero-order valence-electron chi connectivity index (χ0n) is 9.97. The second-order valence-corrected chi connectivity index (χ2v) is 7.22. The third-order valence-corrected chi connectivity index (χ3v) is 5.74. The molecule has 2 aliphatic carbocycles. The highest BCUT2D eigenvalue weighted by atomic mass is 32.2. The summed E-state index contributed by atoms with van der Waals surface area (Å²) in [5.74, 6) is -0.488. The number of sulfonamides is 1. The molecule has 104 valence electrons. The van der Waals surface area contributed by atoms with Gasteiger partial charge >= 0.3 is 15.5 Å². The van der Waals surface area contributed by atoms with E-state index < -0.39 is 32.3 Å². The molecule has 2 fully saturated rings. The van der Waals surface area contributed by atoms with Gasteiger partial charge in [-0.3, -0.25) is 4.79 Å². The number of alkyl halides is 3. The fourth-order valence-corrected chi connectivity index (χ4v) is 4.26. The van der Waals surface area contributed by atoms with E-state index in [1.54, 1.807) is 18.6 Å². The minimum Gasteiger partial charge on any atom is -0.298 e. The lowest BCUT2D eigenvalue weighted by molar-refractivity contribution is -0.124. The van der Waals surface area contributed by atoms with Gasteiger partial charge in [-0.1, -0.05) is 13.8 Å². The summed E-state index contributed by atoms with van der Waals surface area (Å²) in [6.45, 7) is 3.29. The summed E-state index contributed by atoms with van der Waals surface area (Å²) in [6.07, 6.45) is 0.852. The fraction of sp³-hybridized carbons (Fsp3) is 0.900. The number of carbonyl (C=O) groups excluding carboxylic acids is 1. The van der Waals surface area contributed by atoms with Crippen LogP contribution in [0.5, 0.6) is 0 Å². The van der Waals surface area contributed by atoms with Gasteiger partial charge in [-0.25, -0.2) is 8.42 Å². The topological polar surface area (TPSA) is 63.2 Å². The summed E-state index contributed by atoms with van der Waals surface area (Å²) in [5, 5.41) is 0. The average Bonchev–Trinajstić information content (AvgIpc) is 2.48. The van der Waals surface area contributed by atoms with Gasteiger partial charge in [0.25, 0.3) is 0 Å². The summed E-state index contributed by atoms with van der Waals surface area (Å²) in [4.78, 5) is 11.9. The molecule has 2 atom stereocenters. The van der Waals surface area contributed by atoms with Crippen molar-refractivity contribution in [1.29, 1.82) is 0 Å². The number of hydrogen-bond donors (Lipinski definition) is 1. The largest absolute Gasteiger partial charge is 0.511 e. The first kappa shape index (κ1) is 13.8. The predicted octanol–water partition coefficient (Wildman–Crippen LogP) is 1.57. The Bertz CT molecular complexity index is 497. The van der Waals surface area contributed by atoms with E-state index in [0.717, 1.165) is 0 Å². The highest BCUT2D eigenvalue weighted by molar-refractivity contribution is 7.90. The zero-order chi connectivity index (χ0) is 14.0. The standard InChI is InChI=1S/C10H14F3NO3S/c1-8(2)6-3-4-9(8,7(15)5-6)14-18(16,17)10(11,12)13/h6,14H,3-5H2,1-2H3. The van der Waals surface area contributed by atoms with Gasteiger partial charge in [0.1, 0.15) is 0 Å². The molecule has 18 heavy (non-hydrogen) atoms. The van der Waals surface area contributed by atoms with Crippen LogP contribution in [-0.4, -0.2) is 25.2 Å². The van der Waals surface area contributed by atoms with E-state index in [-0.39, 0.29) is 18.8 Å². The molecule has 0 aromatic heterocycles. The Morgan fingerprint density at radius 3 is 2.22 bits per heavy atom. The number of Topliss-reactive ketones (excluding diaryl/α,β-unsaturated/α-hetero) is 1. The number of fused-ring (bicyclic) bond motifs is 2. The molecule has 0 heterocycles. The Hall–Kier alpha value is -0.630. The van der Waals surface area contributed by atoms with Crippen LogP contribution in [0.15, 0.2) is 0 Å². The molecular formula is C10H14F3NO3S. The summed E-state index contributed by atoms with van der Waals surface area (Å²) in [6, 6.07) is 0. The van der Waals surface area contributed by atoms with E-state index in [1.807, 2.05) is 0 Å². The van der Waals surface area contributed by atoms with Crippen LogP contribution in [0.25, 0.3) is 0 Å². The third-order valence-electron chi connectivity index (χ3n) is 4.51. The lowest BCUT2D eigenvalue weighted by Gasteiger charge is -2.36. The molecule has 0 saturated heterocycles. The molecule has 2 bridgehead atoms. The molecule has 0 aromatic carbocycles. The van der Waals surface area contributed by atoms with Crippen LogP contribution < -0.4 is 4.72 Å². The Labute approximate surface area is 103 Å². The summed E-state index contributed by atoms with van der Waals surface area (Å²) in [7, 11) is -5.50. The average molecular weight is 285 g/mol. The van der Waals surface area contributed by atoms with Crippen molar-refractivity contribution in [3.63, 3.8) is 0 Å². The van der Waals surface area contributed by atoms with E-state index in [2.05, 4.69) is 0 Å². The maximum Gasteiger partial charge on any atom is 0.511 e. The van der Waals surface area contributed by atoms with E-state index in [4.69, 9.17) is 0 Å². The van der Waals surface area contributed by atoms with Gasteiger partial charge in [-0.05, 0) is 24.2 Å². The molecule has 0 aliphatic heterocycles. The van der Waals surface area contributed by atoms with E-state index >= 15 is 0 Å². The maximum atomic E-state index is 12.4. The fourth-order valence-electron chi connectivity index (χ4n) is 3.20. The minimum absolute atomic E-state index is 0.0547. The molecule has 0 spiro atoms. The predicted molar refractivity (Wildman–Crippen MR) is 57.0 cm³/mol. The quantitative estimate of drug-likeness (QED) is 0.837. The van der Waals surface area contributed by atoms with E-state index in [9.17, 15) is 26.4 Å². The van der Waals surface area contributed by atoms with Gasteiger partial charge < -0.3 is 0 Å². The maximum absolute atomic E-state index is 12.4. The Morgan fingerprint density at radius 1 is 1.33 bits per heavy atom. The van der Waals surface area contributed by atoms with Gasteiger partial charge in [0.15, 0.2) is 5.78 Å². The van der Waals surface area contributed by atoms with Crippen molar-refractivity contribution in [2.45, 2.75) is 44.2 Å². The third kappa shape index (κ3) is 1.54. The minimum atomic E-state index is -5.50. The van der Waals surface area contributed by atoms with Crippen molar-refractivity contribution in [2.24, 2.45) is 11.3 Å². The summed E-state index contributed by atoms with van der Waals surface area (Å²) >= 11 is 0. The zero-order valence-corrected chi connectivity index (χ0v) is 10.8. The van der Waals surface area contributed by atoms with E-state index in [0.29, 0.717) is 6.42 Å². The van der Waals surface area contributed by atoms with Crippen LogP contribution in [0.1, 0.15) is 33.1 Å². The number of carbonyl (C=O) groups is 1. The lowest BCUT2D eigenvalue weighted by Crippen LogP contribution is -2.60. The lowest BCUT2D eigenvalue weighted by atomic mass is 9.77. The Morgan fingerprint density at radius 2 is 1.89 bits per heavy atom. The first-order valence-corrected chi connectivity index (χ1v) is 7.06. The Kier molecular flexibility index (Phi) is 2.66. The first-order valence-electron chi connectivity index (χ1n) is 5.57. The van der Waals surface area contributed by atoms with Gasteiger partial charge in [-0.15, -0.1) is 0 Å². The smallest absolute Gasteiger partial charge is 0.298 e. The molecule has 4 nitrogen and oxygen atoms in total. The molecule has 1 N–H and O–H groups in total. The van der Waals surface area contributed by atoms with Crippen LogP contribution >= 0.6 is 0 Å². The van der Waals surface area contributed by atoms with E-state index in [1.165, 1.54) is 0 Å². The number of nitrogens with one attached hydrogen (secondary N) is 1. The van der Waals surface area contributed by atoms with Gasteiger partial charge in [0.2, 0.25) is 0 Å². The van der Waals surface area contributed by atoms with Crippen LogP contribution in [0, 0.1) is 11.3 Å². The normalized spacial score (nSPS) is 35.2. The van der Waals surface area contributed by atoms with Crippen molar-refractivity contribution < 1.29 is 26.4 Å². The number of halogens is 3. The van der Waals surface area contributed by atoms with Crippen LogP contribution in [0.3, 0.4) is 0 Å². The van der Waals surface area contributed by atoms with Crippen LogP contribution in [0.2, 0.25) is 0 Å². The van der Waals surface area contributed by atoms with Crippen LogP contribution in [0.4, 0.5) is 13.2 Å². The van der Waals surface area contributed by atoms with Crippen molar-refractivity contribution >= 4 is 15.8 Å². The molecule has 2 unspecified atom stereocenters. The van der Waals surface area contributed by atoms with Crippen molar-refractivity contribution in [2.75, 3.05) is 0 Å². The van der Waals surface area contributed by atoms with Gasteiger partial charge in [0, 0.05) is 6.42 Å². The second kappa shape index (κ2) is 3.47. The van der Waals surface area contributed by atoms with Gasteiger partial charge in [-0.2, -0.15) is 17.9 Å². The second-order valence-electron chi connectivity index (χ2n) is 5.54. The van der Waals surface area contributed by atoms with Crippen LogP contribution in [-0.2, 0) is 14.8 Å².